The molecular weight excluding hydrogens is 1140 g/mol. The third kappa shape index (κ3) is 13.1. The Kier molecular flexibility index (Phi) is 17.6. The van der Waals surface area contributed by atoms with E-state index < -0.39 is 162 Å². The molecule has 18 nitrogen and oxygen atoms in total. The molecule has 0 radical (unpaired) electrons. The molecule has 0 heterocycles. The van der Waals surface area contributed by atoms with Crippen molar-refractivity contribution < 1.29 is 116 Å². The fourth-order valence-corrected chi connectivity index (χ4v) is 9.98. The molecular formula is C45H30F8O18S5. The molecule has 7 aromatic carbocycles. The Balaban J connectivity index is 0.00000179. The molecule has 0 aromatic heterocycles. The second kappa shape index (κ2) is 23.0. The van der Waals surface area contributed by atoms with E-state index in [4.69, 9.17) is 33.5 Å². The predicted molar refractivity (Wildman–Crippen MR) is 245 cm³/mol. The van der Waals surface area contributed by atoms with Gasteiger partial charge in [-0.3, -0.25) is 9.11 Å². The van der Waals surface area contributed by atoms with Crippen LogP contribution in [0.25, 0.3) is 0 Å². The zero-order valence-electron chi connectivity index (χ0n) is 37.9. The van der Waals surface area contributed by atoms with Crippen molar-refractivity contribution in [2.75, 3.05) is 13.4 Å². The summed E-state index contributed by atoms with van der Waals surface area (Å²) in [6.07, 6.45) is 0.715. The maximum atomic E-state index is 15.5. The molecule has 0 aliphatic heterocycles. The fraction of sp³-hybridized carbons (Fsp3) is 0.0667. The Hall–Kier alpha value is -7.07. The highest BCUT2D eigenvalue weighted by Gasteiger charge is 2.32. The molecule has 0 amide bonds. The van der Waals surface area contributed by atoms with Crippen molar-refractivity contribution in [2.24, 2.45) is 0 Å². The standard InChI is InChI=1S/C44H26F8O15S4.CH4O3S/c1-21-34(45)36(47)42(37(48)35(21)46)63-24-7-11-26(12-8-24)69(54,55)27-13-9-25(10-14-27)64-43-38(49)40(51)44(41(52)39(43)50)65-30-17-15-28(19-32(30)68-67-66-53)70(56,57)29-16-18-31(33(20-29)71(58,59)60)62-23-5-3-22(61-2)4-6-23;1-5(2,3)4/h3-20,53H,1-2H3,(H,58,59,60);1H3,(H,2,3,4). The van der Waals surface area contributed by atoms with Crippen molar-refractivity contribution in [3.8, 4) is 51.7 Å². The highest BCUT2D eigenvalue weighted by molar-refractivity contribution is 7.95. The van der Waals surface area contributed by atoms with E-state index >= 15 is 17.6 Å². The summed E-state index contributed by atoms with van der Waals surface area (Å²) in [5.74, 6) is -22.6. The Morgan fingerprint density at radius 1 is 0.447 bits per heavy atom. The average Bonchev–Trinajstić information content (AvgIpc) is 3.39. The van der Waals surface area contributed by atoms with E-state index in [0.717, 1.165) is 79.7 Å². The van der Waals surface area contributed by atoms with Crippen LogP contribution in [0.1, 0.15) is 5.56 Å². The Bertz CT molecular complexity index is 3750. The zero-order chi connectivity index (χ0) is 56.2. The number of halogens is 8. The monoisotopic (exact) mass is 1170 g/mol. The fourth-order valence-electron chi connectivity index (χ4n) is 6.14. The second-order valence-corrected chi connectivity index (χ2v) is 22.3. The highest BCUT2D eigenvalue weighted by atomic mass is 32.2. The van der Waals surface area contributed by atoms with E-state index in [1.165, 1.54) is 31.4 Å². The van der Waals surface area contributed by atoms with Crippen LogP contribution in [0, 0.1) is 53.5 Å². The summed E-state index contributed by atoms with van der Waals surface area (Å²) < 4.78 is 263. The van der Waals surface area contributed by atoms with Crippen molar-refractivity contribution in [3.63, 3.8) is 0 Å². The lowest BCUT2D eigenvalue weighted by Gasteiger charge is -2.16. The Labute approximate surface area is 428 Å². The van der Waals surface area contributed by atoms with Gasteiger partial charge in [0.1, 0.15) is 39.4 Å². The molecule has 0 saturated carbocycles. The zero-order valence-corrected chi connectivity index (χ0v) is 42.0. The van der Waals surface area contributed by atoms with Crippen molar-refractivity contribution in [1.82, 2.24) is 0 Å². The summed E-state index contributed by atoms with van der Waals surface area (Å²) in [4.78, 5) is -3.99. The molecule has 0 unspecified atom stereocenters. The second-order valence-electron chi connectivity index (χ2n) is 14.8. The first-order chi connectivity index (χ1) is 35.5. The van der Waals surface area contributed by atoms with Crippen LogP contribution in [-0.2, 0) is 49.3 Å². The molecule has 7 rings (SSSR count). The van der Waals surface area contributed by atoms with Gasteiger partial charge in [0.25, 0.3) is 20.2 Å². The molecule has 7 aromatic rings. The van der Waals surface area contributed by atoms with Gasteiger partial charge in [-0.1, -0.05) is 5.04 Å². The number of rotatable bonds is 17. The van der Waals surface area contributed by atoms with Gasteiger partial charge in [-0.25, -0.2) is 30.9 Å². The first kappa shape index (κ1) is 58.2. The summed E-state index contributed by atoms with van der Waals surface area (Å²) >= 11 is -0.0451. The average molecular weight is 1170 g/mol. The van der Waals surface area contributed by atoms with Gasteiger partial charge in [0.05, 0.1) is 49.9 Å². The van der Waals surface area contributed by atoms with E-state index in [-0.39, 0.29) is 17.8 Å². The van der Waals surface area contributed by atoms with Gasteiger partial charge >= 0.3 is 0 Å². The lowest BCUT2D eigenvalue weighted by molar-refractivity contribution is -0.432. The largest absolute Gasteiger partial charge is 0.497 e. The molecule has 0 spiro atoms. The summed E-state index contributed by atoms with van der Waals surface area (Å²) in [7, 11) is -16.7. The SMILES string of the molecule is COc1ccc(Oc2ccc(S(=O)(=O)c3ccc(Oc4c(F)c(F)c(Oc5ccc(S(=O)(=O)c6ccc(Oc7c(F)c(F)c(C)c(F)c7F)cc6)cc5)c(F)c4F)c(SOOO)c3)cc2S(=O)(=O)O)cc1.CS(=O)(=O)O. The minimum absolute atomic E-state index is 0.0451. The number of ether oxygens (including phenoxy) is 5. The molecule has 0 aliphatic rings. The molecule has 76 heavy (non-hydrogen) atoms. The van der Waals surface area contributed by atoms with E-state index in [1.54, 1.807) is 0 Å². The molecule has 0 aliphatic carbocycles. The van der Waals surface area contributed by atoms with Crippen LogP contribution >= 0.6 is 12.0 Å². The smallest absolute Gasteiger partial charge is 0.298 e. The van der Waals surface area contributed by atoms with Gasteiger partial charge in [-0.2, -0.15) is 43.2 Å². The molecule has 0 bridgehead atoms. The normalized spacial score (nSPS) is 11.9. The summed E-state index contributed by atoms with van der Waals surface area (Å²) in [6, 6.07) is 17.3. The van der Waals surface area contributed by atoms with Gasteiger partial charge in [0.15, 0.2) is 11.6 Å². The molecule has 404 valence electrons. The van der Waals surface area contributed by atoms with Crippen LogP contribution in [0.4, 0.5) is 35.1 Å². The maximum Gasteiger partial charge on any atom is 0.298 e. The van der Waals surface area contributed by atoms with Gasteiger partial charge in [0.2, 0.25) is 71.8 Å². The summed E-state index contributed by atoms with van der Waals surface area (Å²) in [5.41, 5.74) is -0.941. The lowest BCUT2D eigenvalue weighted by Crippen LogP contribution is -2.07. The predicted octanol–water partition coefficient (Wildman–Crippen LogP) is 11.1. The van der Waals surface area contributed by atoms with Crippen molar-refractivity contribution in [1.29, 1.82) is 0 Å². The Morgan fingerprint density at radius 2 is 0.789 bits per heavy atom. The van der Waals surface area contributed by atoms with E-state index in [2.05, 4.69) is 9.37 Å². The van der Waals surface area contributed by atoms with E-state index in [1.807, 2.05) is 0 Å². The Morgan fingerprint density at radius 3 is 1.21 bits per heavy atom. The van der Waals surface area contributed by atoms with Crippen molar-refractivity contribution >= 4 is 52.0 Å². The summed E-state index contributed by atoms with van der Waals surface area (Å²) in [6.45, 7) is 0.793. The van der Waals surface area contributed by atoms with Gasteiger partial charge in [0, 0.05) is 5.56 Å². The first-order valence-electron chi connectivity index (χ1n) is 20.0. The van der Waals surface area contributed by atoms with Crippen LogP contribution in [0.15, 0.2) is 139 Å². The van der Waals surface area contributed by atoms with Crippen LogP contribution in [0.2, 0.25) is 0 Å². The molecule has 3 N–H and O–H groups in total. The number of hydrogen-bond donors (Lipinski definition) is 3. The first-order valence-corrected chi connectivity index (χ1v) is 27.0. The third-order valence-corrected chi connectivity index (χ3v) is 14.8. The van der Waals surface area contributed by atoms with E-state index in [0.29, 0.717) is 24.1 Å². The van der Waals surface area contributed by atoms with Crippen molar-refractivity contribution in [3.05, 3.63) is 161 Å². The number of sulfone groups is 2. The minimum Gasteiger partial charge on any atom is -0.497 e. The molecule has 0 saturated heterocycles. The number of benzene rings is 7. The molecule has 0 fully saturated rings. The van der Waals surface area contributed by atoms with Crippen LogP contribution in [-0.4, -0.2) is 61.4 Å². The highest BCUT2D eigenvalue weighted by Crippen LogP contribution is 2.43. The van der Waals surface area contributed by atoms with Gasteiger partial charge in [-0.15, -0.1) is 4.33 Å². The topological polar surface area (TPSA) is 262 Å². The molecule has 31 heteroatoms. The quantitative estimate of drug-likeness (QED) is 0.0191. The van der Waals surface area contributed by atoms with Gasteiger partial charge in [-0.05, 0) is 116 Å². The number of methoxy groups -OCH3 is 1. The third-order valence-electron chi connectivity index (χ3n) is 9.72. The van der Waals surface area contributed by atoms with Gasteiger partial charge < -0.3 is 23.7 Å². The van der Waals surface area contributed by atoms with Crippen LogP contribution in [0.5, 0.6) is 51.7 Å². The summed E-state index contributed by atoms with van der Waals surface area (Å²) in [5, 5.41) is 12.3. The van der Waals surface area contributed by atoms with Crippen LogP contribution < -0.4 is 23.7 Å². The minimum atomic E-state index is -5.16. The lowest BCUT2D eigenvalue weighted by atomic mass is 10.2. The number of hydrogen-bond acceptors (Lipinski definition) is 17. The van der Waals surface area contributed by atoms with Crippen LogP contribution in [0.3, 0.4) is 0 Å². The van der Waals surface area contributed by atoms with Crippen molar-refractivity contribution in [2.45, 2.75) is 36.3 Å². The maximum absolute atomic E-state index is 15.5. The molecule has 0 atom stereocenters. The van der Waals surface area contributed by atoms with E-state index in [9.17, 15) is 55.8 Å².